The van der Waals surface area contributed by atoms with Gasteiger partial charge in [0, 0.05) is 9.75 Å². The summed E-state index contributed by atoms with van der Waals surface area (Å²) in [4.78, 5) is 12.1. The summed E-state index contributed by atoms with van der Waals surface area (Å²) in [5, 5.41) is 0. The molecule has 0 radical (unpaired) electrons. The van der Waals surface area contributed by atoms with Crippen LogP contribution in [0.25, 0.3) is 0 Å². The highest BCUT2D eigenvalue weighted by Crippen LogP contribution is 2.26. The zero-order valence-corrected chi connectivity index (χ0v) is 17.3. The molecule has 0 aliphatic rings. The molecule has 3 rings (SSSR count). The lowest BCUT2D eigenvalue weighted by molar-refractivity contribution is 1.13. The van der Waals surface area contributed by atoms with Crippen molar-refractivity contribution >= 4 is 34.1 Å². The highest BCUT2D eigenvalue weighted by atomic mass is 32.1. The molecule has 2 nitrogen and oxygen atoms in total. The van der Waals surface area contributed by atoms with Gasteiger partial charge in [0.2, 0.25) is 0 Å². The molecule has 2 aromatic carbocycles. The number of rotatable bonds is 6. The molecule has 0 saturated heterocycles. The van der Waals surface area contributed by atoms with Gasteiger partial charge in [-0.2, -0.15) is 0 Å². The van der Waals surface area contributed by atoms with E-state index in [4.69, 9.17) is 9.98 Å². The fraction of sp³-hybridized carbons (Fsp3) is 0.250. The summed E-state index contributed by atoms with van der Waals surface area (Å²) < 4.78 is 0. The molecule has 0 bridgehead atoms. The zero-order valence-electron chi connectivity index (χ0n) is 16.5. The van der Waals surface area contributed by atoms with E-state index >= 15 is 0 Å². The second-order valence-electron chi connectivity index (χ2n) is 6.52. The Kier molecular flexibility index (Phi) is 6.36. The van der Waals surface area contributed by atoms with Gasteiger partial charge in [0.15, 0.2) is 0 Å². The molecule has 0 fully saturated rings. The Morgan fingerprint density at radius 3 is 1.48 bits per heavy atom. The lowest BCUT2D eigenvalue weighted by atomic mass is 10.1. The van der Waals surface area contributed by atoms with Crippen LogP contribution in [0.15, 0.2) is 70.6 Å². The van der Waals surface area contributed by atoms with Gasteiger partial charge >= 0.3 is 0 Å². The van der Waals surface area contributed by atoms with Crippen molar-refractivity contribution in [3.05, 3.63) is 81.5 Å². The van der Waals surface area contributed by atoms with E-state index in [1.54, 1.807) is 11.3 Å². The first kappa shape index (κ1) is 19.2. The molecule has 0 amide bonds. The molecule has 3 aromatic rings. The molecule has 27 heavy (non-hydrogen) atoms. The van der Waals surface area contributed by atoms with Gasteiger partial charge in [0.25, 0.3) is 0 Å². The molecule has 0 aliphatic heterocycles. The summed E-state index contributed by atoms with van der Waals surface area (Å²) in [6, 6.07) is 21.0. The standard InChI is InChI=1S/C24H26N2S/c1-5-19-11-7-9-13-21(19)25-17(3)23-15-16-24(27-23)18(4)26-22-14-10-8-12-20(22)6-2/h7-16H,5-6H2,1-4H3. The summed E-state index contributed by atoms with van der Waals surface area (Å²) in [5.74, 6) is 0. The highest BCUT2D eigenvalue weighted by molar-refractivity contribution is 7.16. The van der Waals surface area contributed by atoms with Gasteiger partial charge in [-0.3, -0.25) is 9.98 Å². The van der Waals surface area contributed by atoms with Crippen molar-refractivity contribution in [2.24, 2.45) is 9.98 Å². The minimum absolute atomic E-state index is 0.991. The van der Waals surface area contributed by atoms with Crippen LogP contribution in [0, 0.1) is 0 Å². The molecule has 3 heteroatoms. The van der Waals surface area contributed by atoms with Crippen LogP contribution in [-0.2, 0) is 12.8 Å². The van der Waals surface area contributed by atoms with Gasteiger partial charge in [-0.05, 0) is 62.1 Å². The average molecular weight is 375 g/mol. The summed E-state index contributed by atoms with van der Waals surface area (Å²) in [6.07, 6.45) is 1.98. The number of thiophene rings is 1. The van der Waals surface area contributed by atoms with Gasteiger partial charge in [-0.15, -0.1) is 11.3 Å². The third-order valence-corrected chi connectivity index (χ3v) is 5.94. The maximum Gasteiger partial charge on any atom is 0.0665 e. The van der Waals surface area contributed by atoms with Gasteiger partial charge in [-0.25, -0.2) is 0 Å². The van der Waals surface area contributed by atoms with Crippen molar-refractivity contribution in [3.8, 4) is 0 Å². The monoisotopic (exact) mass is 374 g/mol. The van der Waals surface area contributed by atoms with Crippen LogP contribution >= 0.6 is 11.3 Å². The topological polar surface area (TPSA) is 24.7 Å². The van der Waals surface area contributed by atoms with Crippen LogP contribution in [0.3, 0.4) is 0 Å². The molecule has 0 saturated carbocycles. The maximum atomic E-state index is 4.87. The predicted molar refractivity (Wildman–Crippen MR) is 120 cm³/mol. The van der Waals surface area contributed by atoms with Crippen molar-refractivity contribution in [3.63, 3.8) is 0 Å². The Bertz CT molecular complexity index is 901. The smallest absolute Gasteiger partial charge is 0.0665 e. The van der Waals surface area contributed by atoms with Crippen molar-refractivity contribution < 1.29 is 0 Å². The number of benzene rings is 2. The van der Waals surface area contributed by atoms with Gasteiger partial charge in [0.1, 0.15) is 0 Å². The van der Waals surface area contributed by atoms with Crippen LogP contribution in [0.2, 0.25) is 0 Å². The summed E-state index contributed by atoms with van der Waals surface area (Å²) in [7, 11) is 0. The Morgan fingerprint density at radius 1 is 0.667 bits per heavy atom. The molecular weight excluding hydrogens is 348 g/mol. The van der Waals surface area contributed by atoms with Crippen LogP contribution in [-0.4, -0.2) is 11.4 Å². The molecule has 0 N–H and O–H groups in total. The summed E-state index contributed by atoms with van der Waals surface area (Å²) >= 11 is 1.75. The molecular formula is C24H26N2S. The normalized spacial score (nSPS) is 12.4. The molecule has 1 heterocycles. The molecule has 0 unspecified atom stereocenters. The SMILES string of the molecule is CCc1ccccc1N=C(C)c1ccc(C(C)=Nc2ccccc2CC)s1. The van der Waals surface area contributed by atoms with Gasteiger partial charge < -0.3 is 0 Å². The van der Waals surface area contributed by atoms with Crippen LogP contribution in [0.1, 0.15) is 48.6 Å². The quantitative estimate of drug-likeness (QED) is 0.409. The maximum absolute atomic E-state index is 4.87. The third-order valence-electron chi connectivity index (χ3n) is 4.64. The van der Waals surface area contributed by atoms with E-state index in [1.165, 1.54) is 20.9 Å². The van der Waals surface area contributed by atoms with Crippen LogP contribution in [0.4, 0.5) is 11.4 Å². The number of para-hydroxylation sites is 2. The van der Waals surface area contributed by atoms with Crippen LogP contribution in [0.5, 0.6) is 0 Å². The Hall–Kier alpha value is -2.52. The zero-order chi connectivity index (χ0) is 19.2. The fourth-order valence-corrected chi connectivity index (χ4v) is 3.93. The predicted octanol–water partition coefficient (Wildman–Crippen LogP) is 7.15. The number of aryl methyl sites for hydroxylation is 2. The lowest BCUT2D eigenvalue weighted by Crippen LogP contribution is -1.92. The number of aliphatic imine (C=N–C) groups is 2. The first-order valence-electron chi connectivity index (χ1n) is 9.49. The molecule has 0 aliphatic carbocycles. The largest absolute Gasteiger partial charge is 0.252 e. The number of nitrogens with zero attached hydrogens (tertiary/aromatic N) is 2. The summed E-state index contributed by atoms with van der Waals surface area (Å²) in [6.45, 7) is 8.50. The van der Waals surface area contributed by atoms with E-state index in [0.29, 0.717) is 0 Å². The van der Waals surface area contributed by atoms with Crippen LogP contribution < -0.4 is 0 Å². The number of hydrogen-bond acceptors (Lipinski definition) is 3. The van der Waals surface area contributed by atoms with E-state index in [0.717, 1.165) is 35.6 Å². The number of hydrogen-bond donors (Lipinski definition) is 0. The van der Waals surface area contributed by atoms with E-state index in [-0.39, 0.29) is 0 Å². The Labute approximate surface area is 166 Å². The van der Waals surface area contributed by atoms with Crippen molar-refractivity contribution in [1.29, 1.82) is 0 Å². The van der Waals surface area contributed by atoms with Gasteiger partial charge in [-0.1, -0.05) is 50.2 Å². The first-order chi connectivity index (χ1) is 13.1. The van der Waals surface area contributed by atoms with E-state index in [1.807, 2.05) is 12.1 Å². The fourth-order valence-electron chi connectivity index (χ4n) is 3.04. The second-order valence-corrected chi connectivity index (χ2v) is 7.61. The van der Waals surface area contributed by atoms with Gasteiger partial charge in [0.05, 0.1) is 22.8 Å². The Morgan fingerprint density at radius 2 is 1.07 bits per heavy atom. The lowest BCUT2D eigenvalue weighted by Gasteiger charge is -2.04. The van der Waals surface area contributed by atoms with E-state index in [2.05, 4.69) is 76.2 Å². The summed E-state index contributed by atoms with van der Waals surface area (Å²) in [5.41, 5.74) is 6.79. The third kappa shape index (κ3) is 4.61. The second kappa shape index (κ2) is 8.92. The molecule has 0 spiro atoms. The average Bonchev–Trinajstić information content (AvgIpc) is 3.19. The molecule has 1 aromatic heterocycles. The van der Waals surface area contributed by atoms with Crippen molar-refractivity contribution in [2.75, 3.05) is 0 Å². The van der Waals surface area contributed by atoms with E-state index in [9.17, 15) is 0 Å². The van der Waals surface area contributed by atoms with Crippen molar-refractivity contribution in [2.45, 2.75) is 40.5 Å². The Balaban J connectivity index is 1.87. The van der Waals surface area contributed by atoms with E-state index < -0.39 is 0 Å². The van der Waals surface area contributed by atoms with Crippen molar-refractivity contribution in [1.82, 2.24) is 0 Å². The first-order valence-corrected chi connectivity index (χ1v) is 10.3. The molecule has 0 atom stereocenters. The minimum Gasteiger partial charge on any atom is -0.252 e. The highest BCUT2D eigenvalue weighted by Gasteiger charge is 2.08. The minimum atomic E-state index is 0.991. The molecule has 138 valence electrons.